The number of ketones is 1. The number of fused-ring (bicyclic) bond motifs is 1. The fraction of sp³-hybridized carbons (Fsp3) is 0.125. The second-order valence-electron chi connectivity index (χ2n) is 6.90. The summed E-state index contributed by atoms with van der Waals surface area (Å²) in [5.74, 6) is 1.12. The van der Waals surface area contributed by atoms with Crippen LogP contribution in [0, 0.1) is 13.8 Å². The molecular formula is C24H18Cl2O3. The molecule has 0 radical (unpaired) electrons. The Kier molecular flexibility index (Phi) is 5.35. The molecule has 0 fully saturated rings. The zero-order valence-electron chi connectivity index (χ0n) is 16.0. The van der Waals surface area contributed by atoms with Gasteiger partial charge < -0.3 is 9.47 Å². The van der Waals surface area contributed by atoms with E-state index in [1.165, 1.54) is 5.56 Å². The van der Waals surface area contributed by atoms with Crippen molar-refractivity contribution in [2.45, 2.75) is 20.5 Å². The Balaban J connectivity index is 1.62. The fourth-order valence-corrected chi connectivity index (χ4v) is 3.78. The standard InChI is InChI=1S/C24H18Cl2O3/c1-14-6-3-4-7-16(14)13-28-17-10-15(2)23-21(11-17)29-22(24(23)27)12-18-19(25)8-5-9-20(18)26/h3-12H,13H2,1-2H3/b22-12-. The summed E-state index contributed by atoms with van der Waals surface area (Å²) in [6.07, 6.45) is 1.58. The van der Waals surface area contributed by atoms with Crippen LogP contribution in [0.3, 0.4) is 0 Å². The van der Waals surface area contributed by atoms with Crippen molar-refractivity contribution < 1.29 is 14.3 Å². The Morgan fingerprint density at radius 3 is 2.41 bits per heavy atom. The van der Waals surface area contributed by atoms with Crippen LogP contribution in [0.2, 0.25) is 10.0 Å². The van der Waals surface area contributed by atoms with Gasteiger partial charge in [-0.15, -0.1) is 0 Å². The van der Waals surface area contributed by atoms with Gasteiger partial charge in [0.25, 0.3) is 0 Å². The van der Waals surface area contributed by atoms with Crippen molar-refractivity contribution in [3.05, 3.63) is 98.2 Å². The van der Waals surface area contributed by atoms with Gasteiger partial charge in [-0.05, 0) is 54.8 Å². The van der Waals surface area contributed by atoms with Crippen LogP contribution >= 0.6 is 23.2 Å². The van der Waals surface area contributed by atoms with Gasteiger partial charge in [-0.3, -0.25) is 4.79 Å². The van der Waals surface area contributed by atoms with Crippen LogP contribution < -0.4 is 9.47 Å². The molecule has 1 aliphatic rings. The SMILES string of the molecule is Cc1ccccc1COc1cc(C)c2c(c1)O/C(=C\c1c(Cl)cccc1Cl)C2=O. The minimum absolute atomic E-state index is 0.189. The summed E-state index contributed by atoms with van der Waals surface area (Å²) in [5, 5.41) is 0.910. The van der Waals surface area contributed by atoms with E-state index in [1.54, 1.807) is 30.3 Å². The topological polar surface area (TPSA) is 35.5 Å². The molecule has 1 aliphatic heterocycles. The van der Waals surface area contributed by atoms with Crippen LogP contribution in [0.4, 0.5) is 0 Å². The summed E-state index contributed by atoms with van der Waals surface area (Å²) in [7, 11) is 0. The first-order chi connectivity index (χ1) is 13.9. The zero-order chi connectivity index (χ0) is 20.5. The van der Waals surface area contributed by atoms with E-state index in [9.17, 15) is 4.79 Å². The molecule has 0 N–H and O–H groups in total. The number of hydrogen-bond acceptors (Lipinski definition) is 3. The maximum Gasteiger partial charge on any atom is 0.232 e. The Hall–Kier alpha value is -2.75. The molecule has 3 aromatic carbocycles. The smallest absolute Gasteiger partial charge is 0.232 e. The van der Waals surface area contributed by atoms with Gasteiger partial charge in [-0.1, -0.05) is 53.5 Å². The second-order valence-corrected chi connectivity index (χ2v) is 7.72. The predicted octanol–water partition coefficient (Wildman–Crippen LogP) is 6.81. The Labute approximate surface area is 179 Å². The summed E-state index contributed by atoms with van der Waals surface area (Å²) in [5.41, 5.74) is 4.15. The number of Topliss-reactive ketones (excluding diaryl/α,β-unsaturated/α-hetero) is 1. The molecule has 146 valence electrons. The summed E-state index contributed by atoms with van der Waals surface area (Å²) in [6, 6.07) is 16.8. The number of carbonyl (C=O) groups excluding carboxylic acids is 1. The van der Waals surface area contributed by atoms with Gasteiger partial charge in [0.1, 0.15) is 18.1 Å². The van der Waals surface area contributed by atoms with E-state index < -0.39 is 0 Å². The van der Waals surface area contributed by atoms with Crippen molar-refractivity contribution in [2.75, 3.05) is 0 Å². The summed E-state index contributed by atoms with van der Waals surface area (Å²) in [6.45, 7) is 4.36. The van der Waals surface area contributed by atoms with E-state index in [0.29, 0.717) is 39.3 Å². The number of hydrogen-bond donors (Lipinski definition) is 0. The first-order valence-corrected chi connectivity index (χ1v) is 9.90. The Morgan fingerprint density at radius 1 is 0.966 bits per heavy atom. The number of benzene rings is 3. The van der Waals surface area contributed by atoms with E-state index >= 15 is 0 Å². The van der Waals surface area contributed by atoms with E-state index in [2.05, 4.69) is 0 Å². The lowest BCUT2D eigenvalue weighted by Crippen LogP contribution is -2.00. The molecule has 3 nitrogen and oxygen atoms in total. The lowest BCUT2D eigenvalue weighted by atomic mass is 10.0. The molecule has 0 amide bonds. The number of carbonyl (C=O) groups is 1. The van der Waals surface area contributed by atoms with Crippen molar-refractivity contribution in [1.82, 2.24) is 0 Å². The second kappa shape index (κ2) is 7.94. The maximum absolute atomic E-state index is 12.9. The van der Waals surface area contributed by atoms with E-state index in [1.807, 2.05) is 44.2 Å². The highest BCUT2D eigenvalue weighted by molar-refractivity contribution is 6.37. The van der Waals surface area contributed by atoms with Crippen molar-refractivity contribution in [3.63, 3.8) is 0 Å². The van der Waals surface area contributed by atoms with Crippen LogP contribution in [-0.2, 0) is 6.61 Å². The van der Waals surface area contributed by atoms with Gasteiger partial charge in [-0.2, -0.15) is 0 Å². The Bertz CT molecular complexity index is 1130. The normalized spacial score (nSPS) is 14.1. The molecular weight excluding hydrogens is 407 g/mol. The fourth-order valence-electron chi connectivity index (χ4n) is 3.27. The van der Waals surface area contributed by atoms with Gasteiger partial charge in [0.05, 0.1) is 5.56 Å². The zero-order valence-corrected chi connectivity index (χ0v) is 17.5. The third kappa shape index (κ3) is 3.89. The monoisotopic (exact) mass is 424 g/mol. The van der Waals surface area contributed by atoms with E-state index in [-0.39, 0.29) is 11.5 Å². The van der Waals surface area contributed by atoms with Crippen molar-refractivity contribution >= 4 is 35.1 Å². The average Bonchev–Trinajstić information content (AvgIpc) is 3.00. The molecule has 0 bridgehead atoms. The van der Waals surface area contributed by atoms with Crippen LogP contribution in [0.5, 0.6) is 11.5 Å². The van der Waals surface area contributed by atoms with Crippen molar-refractivity contribution in [1.29, 1.82) is 0 Å². The molecule has 1 heterocycles. The number of halogens is 2. The molecule has 4 rings (SSSR count). The molecule has 0 atom stereocenters. The Morgan fingerprint density at radius 2 is 1.69 bits per heavy atom. The minimum atomic E-state index is -0.195. The molecule has 0 aliphatic carbocycles. The molecule has 0 aromatic heterocycles. The third-order valence-corrected chi connectivity index (χ3v) is 5.53. The predicted molar refractivity (Wildman–Crippen MR) is 116 cm³/mol. The minimum Gasteiger partial charge on any atom is -0.489 e. The first kappa shape index (κ1) is 19.6. The van der Waals surface area contributed by atoms with Crippen LogP contribution in [0.1, 0.15) is 32.6 Å². The summed E-state index contributed by atoms with van der Waals surface area (Å²) >= 11 is 12.4. The molecule has 29 heavy (non-hydrogen) atoms. The van der Waals surface area contributed by atoms with Crippen LogP contribution in [0.25, 0.3) is 6.08 Å². The van der Waals surface area contributed by atoms with Gasteiger partial charge in [0.2, 0.25) is 5.78 Å². The lowest BCUT2D eigenvalue weighted by Gasteiger charge is -2.10. The molecule has 0 saturated carbocycles. The van der Waals surface area contributed by atoms with Gasteiger partial charge in [0.15, 0.2) is 5.76 Å². The average molecular weight is 425 g/mol. The van der Waals surface area contributed by atoms with Crippen molar-refractivity contribution in [2.24, 2.45) is 0 Å². The number of allylic oxidation sites excluding steroid dienone is 1. The van der Waals surface area contributed by atoms with E-state index in [4.69, 9.17) is 32.7 Å². The number of aryl methyl sites for hydroxylation is 2. The van der Waals surface area contributed by atoms with Crippen LogP contribution in [-0.4, -0.2) is 5.78 Å². The molecule has 0 unspecified atom stereocenters. The highest BCUT2D eigenvalue weighted by Crippen LogP contribution is 2.39. The molecule has 3 aromatic rings. The quantitative estimate of drug-likeness (QED) is 0.431. The molecule has 0 saturated heterocycles. The highest BCUT2D eigenvalue weighted by atomic mass is 35.5. The number of ether oxygens (including phenoxy) is 2. The van der Waals surface area contributed by atoms with E-state index in [0.717, 1.165) is 11.1 Å². The maximum atomic E-state index is 12.9. The van der Waals surface area contributed by atoms with Crippen LogP contribution in [0.15, 0.2) is 60.4 Å². The van der Waals surface area contributed by atoms with Gasteiger partial charge >= 0.3 is 0 Å². The number of rotatable bonds is 4. The molecule has 5 heteroatoms. The summed E-state index contributed by atoms with van der Waals surface area (Å²) in [4.78, 5) is 12.9. The molecule has 0 spiro atoms. The largest absolute Gasteiger partial charge is 0.489 e. The highest BCUT2D eigenvalue weighted by Gasteiger charge is 2.30. The van der Waals surface area contributed by atoms with Gasteiger partial charge in [-0.25, -0.2) is 0 Å². The first-order valence-electron chi connectivity index (χ1n) is 9.14. The van der Waals surface area contributed by atoms with Gasteiger partial charge in [0, 0.05) is 21.7 Å². The lowest BCUT2D eigenvalue weighted by molar-refractivity contribution is 0.101. The third-order valence-electron chi connectivity index (χ3n) is 4.87. The van der Waals surface area contributed by atoms with Crippen molar-refractivity contribution in [3.8, 4) is 11.5 Å². The summed E-state index contributed by atoms with van der Waals surface area (Å²) < 4.78 is 11.8.